The van der Waals surface area contributed by atoms with Gasteiger partial charge in [0.05, 0.1) is 5.01 Å². The van der Waals surface area contributed by atoms with E-state index in [9.17, 15) is 4.79 Å². The minimum absolute atomic E-state index is 0.0292. The van der Waals surface area contributed by atoms with Gasteiger partial charge in [-0.25, -0.2) is 4.98 Å². The normalized spacial score (nSPS) is 11.4. The molecular formula is C15H17NOS. The molecule has 0 aliphatic heterocycles. The Morgan fingerprint density at radius 3 is 2.61 bits per heavy atom. The summed E-state index contributed by atoms with van der Waals surface area (Å²) in [4.78, 5) is 16.4. The zero-order chi connectivity index (χ0) is 13.0. The molecule has 0 unspecified atom stereocenters. The Morgan fingerprint density at radius 2 is 2.00 bits per heavy atom. The Hall–Kier alpha value is -1.48. The van der Waals surface area contributed by atoms with Crippen molar-refractivity contribution in [3.05, 3.63) is 52.5 Å². The Balaban J connectivity index is 1.98. The summed E-state index contributed by atoms with van der Waals surface area (Å²) in [6.07, 6.45) is 3.21. The Morgan fingerprint density at radius 1 is 1.28 bits per heavy atom. The van der Waals surface area contributed by atoms with E-state index in [-0.39, 0.29) is 11.2 Å². The number of nitrogens with zero attached hydrogens (tertiary/aromatic N) is 1. The van der Waals surface area contributed by atoms with Crippen molar-refractivity contribution in [1.29, 1.82) is 0 Å². The van der Waals surface area contributed by atoms with Crippen LogP contribution in [0, 0.1) is 0 Å². The van der Waals surface area contributed by atoms with Crippen molar-refractivity contribution in [2.24, 2.45) is 0 Å². The van der Waals surface area contributed by atoms with Gasteiger partial charge in [0, 0.05) is 29.0 Å². The molecule has 2 rings (SSSR count). The predicted molar refractivity (Wildman–Crippen MR) is 75.1 cm³/mol. The first-order valence-electron chi connectivity index (χ1n) is 6.08. The molecule has 0 bridgehead atoms. The second-order valence-corrected chi connectivity index (χ2v) is 5.90. The summed E-state index contributed by atoms with van der Waals surface area (Å²) in [6.45, 7) is 4.29. The van der Waals surface area contributed by atoms with Gasteiger partial charge in [-0.2, -0.15) is 0 Å². The lowest BCUT2D eigenvalue weighted by atomic mass is 9.87. The first kappa shape index (κ1) is 13.0. The van der Waals surface area contributed by atoms with E-state index in [0.717, 1.165) is 17.0 Å². The summed E-state index contributed by atoms with van der Waals surface area (Å²) in [5, 5.41) is 3.08. The topological polar surface area (TPSA) is 30.0 Å². The molecule has 0 amide bonds. The largest absolute Gasteiger partial charge is 0.294 e. The quantitative estimate of drug-likeness (QED) is 0.757. The highest BCUT2D eigenvalue weighted by atomic mass is 32.1. The van der Waals surface area contributed by atoms with E-state index in [1.54, 1.807) is 11.3 Å². The number of thiazole rings is 1. The van der Waals surface area contributed by atoms with E-state index in [0.29, 0.717) is 6.42 Å². The summed E-state index contributed by atoms with van der Waals surface area (Å²) in [5.74, 6) is 0.209. The zero-order valence-corrected chi connectivity index (χ0v) is 11.5. The van der Waals surface area contributed by atoms with Gasteiger partial charge >= 0.3 is 0 Å². The van der Waals surface area contributed by atoms with Gasteiger partial charge in [0.1, 0.15) is 0 Å². The Kier molecular flexibility index (Phi) is 3.92. The summed E-state index contributed by atoms with van der Waals surface area (Å²) >= 11 is 1.65. The number of carbonyl (C=O) groups excluding carboxylic acids is 1. The fourth-order valence-electron chi connectivity index (χ4n) is 1.86. The number of Topliss-reactive ketones (excluding diaryl/α,β-unsaturated/α-hetero) is 1. The van der Waals surface area contributed by atoms with Crippen LogP contribution in [-0.4, -0.2) is 10.8 Å². The van der Waals surface area contributed by atoms with Crippen LogP contribution in [0.2, 0.25) is 0 Å². The summed E-state index contributed by atoms with van der Waals surface area (Å²) < 4.78 is 0. The van der Waals surface area contributed by atoms with Gasteiger partial charge in [-0.1, -0.05) is 44.2 Å². The second kappa shape index (κ2) is 5.44. The second-order valence-electron chi connectivity index (χ2n) is 5.01. The molecule has 1 aromatic carbocycles. The highest BCUT2D eigenvalue weighted by molar-refractivity contribution is 7.09. The molecular weight excluding hydrogens is 242 g/mol. The Labute approximate surface area is 112 Å². The van der Waals surface area contributed by atoms with Crippen molar-refractivity contribution < 1.29 is 4.79 Å². The molecule has 0 atom stereocenters. The van der Waals surface area contributed by atoms with Gasteiger partial charge in [-0.3, -0.25) is 4.79 Å². The predicted octanol–water partition coefficient (Wildman–Crippen LogP) is 4.08. The van der Waals surface area contributed by atoms with E-state index in [1.165, 1.54) is 0 Å². The van der Waals surface area contributed by atoms with Crippen molar-refractivity contribution in [2.75, 3.05) is 0 Å². The summed E-state index contributed by atoms with van der Waals surface area (Å²) in [7, 11) is 0. The third-order valence-electron chi connectivity index (χ3n) is 3.08. The van der Waals surface area contributed by atoms with Crippen LogP contribution in [0.1, 0.15) is 42.1 Å². The van der Waals surface area contributed by atoms with E-state index < -0.39 is 0 Å². The van der Waals surface area contributed by atoms with Crippen LogP contribution in [0.25, 0.3) is 0 Å². The third kappa shape index (κ3) is 3.05. The van der Waals surface area contributed by atoms with E-state index in [1.807, 2.05) is 41.9 Å². The maximum atomic E-state index is 12.0. The molecule has 0 fully saturated rings. The number of hydrogen-bond donors (Lipinski definition) is 0. The molecule has 18 heavy (non-hydrogen) atoms. The van der Waals surface area contributed by atoms with Crippen LogP contribution in [0.3, 0.4) is 0 Å². The zero-order valence-electron chi connectivity index (χ0n) is 10.7. The van der Waals surface area contributed by atoms with Gasteiger partial charge in [0.2, 0.25) is 0 Å². The monoisotopic (exact) mass is 259 g/mol. The van der Waals surface area contributed by atoms with Crippen molar-refractivity contribution in [1.82, 2.24) is 4.98 Å². The van der Waals surface area contributed by atoms with Crippen LogP contribution in [0.5, 0.6) is 0 Å². The first-order valence-corrected chi connectivity index (χ1v) is 6.96. The van der Waals surface area contributed by atoms with Crippen LogP contribution in [0.15, 0.2) is 41.9 Å². The van der Waals surface area contributed by atoms with Crippen molar-refractivity contribution in [3.63, 3.8) is 0 Å². The van der Waals surface area contributed by atoms with Crippen LogP contribution < -0.4 is 0 Å². The maximum absolute atomic E-state index is 12.0. The fraction of sp³-hybridized carbons (Fsp3) is 0.333. The summed E-state index contributed by atoms with van der Waals surface area (Å²) in [6, 6.07) is 9.48. The average molecular weight is 259 g/mol. The van der Waals surface area contributed by atoms with E-state index >= 15 is 0 Å². The highest BCUT2D eigenvalue weighted by Gasteiger charge is 2.24. The first-order chi connectivity index (χ1) is 8.59. The van der Waals surface area contributed by atoms with Crippen molar-refractivity contribution >= 4 is 17.1 Å². The fourth-order valence-corrected chi connectivity index (χ4v) is 2.65. The van der Waals surface area contributed by atoms with Crippen LogP contribution in [0.4, 0.5) is 0 Å². The minimum atomic E-state index is -0.0292. The van der Waals surface area contributed by atoms with Gasteiger partial charge in [0.15, 0.2) is 5.78 Å². The number of aromatic nitrogens is 1. The van der Waals surface area contributed by atoms with Crippen LogP contribution in [-0.2, 0) is 5.41 Å². The standard InChI is InChI=1S/C15H17NOS/c1-15(2,14-16-10-11-18-14)9-8-13(17)12-6-4-3-5-7-12/h3-7,10-11H,8-9H2,1-2H3. The molecule has 2 aromatic rings. The van der Waals surface area contributed by atoms with Crippen molar-refractivity contribution in [3.8, 4) is 0 Å². The molecule has 0 saturated heterocycles. The molecule has 0 saturated carbocycles. The van der Waals surface area contributed by atoms with Crippen molar-refractivity contribution in [2.45, 2.75) is 32.1 Å². The lowest BCUT2D eigenvalue weighted by Crippen LogP contribution is -2.18. The molecule has 3 heteroatoms. The molecule has 0 spiro atoms. The van der Waals surface area contributed by atoms with Gasteiger partial charge < -0.3 is 0 Å². The maximum Gasteiger partial charge on any atom is 0.162 e. The van der Waals surface area contributed by atoms with E-state index in [4.69, 9.17) is 0 Å². The lowest BCUT2D eigenvalue weighted by Gasteiger charge is -2.21. The van der Waals surface area contributed by atoms with Gasteiger partial charge in [0.25, 0.3) is 0 Å². The van der Waals surface area contributed by atoms with Gasteiger partial charge in [-0.05, 0) is 6.42 Å². The highest BCUT2D eigenvalue weighted by Crippen LogP contribution is 2.30. The number of carbonyl (C=O) groups is 1. The Bertz CT molecular complexity index is 503. The molecule has 0 aliphatic carbocycles. The average Bonchev–Trinajstić information content (AvgIpc) is 2.92. The molecule has 2 nitrogen and oxygen atoms in total. The smallest absolute Gasteiger partial charge is 0.162 e. The minimum Gasteiger partial charge on any atom is -0.294 e. The summed E-state index contributed by atoms with van der Waals surface area (Å²) in [5.41, 5.74) is 0.769. The number of benzene rings is 1. The molecule has 0 N–H and O–H groups in total. The molecule has 0 aliphatic rings. The molecule has 1 heterocycles. The molecule has 0 radical (unpaired) electrons. The van der Waals surface area contributed by atoms with E-state index in [2.05, 4.69) is 18.8 Å². The van der Waals surface area contributed by atoms with Gasteiger partial charge in [-0.15, -0.1) is 11.3 Å². The molecule has 94 valence electrons. The third-order valence-corrected chi connectivity index (χ3v) is 4.22. The molecule has 1 aromatic heterocycles. The van der Waals surface area contributed by atoms with Crippen LogP contribution >= 0.6 is 11.3 Å². The lowest BCUT2D eigenvalue weighted by molar-refractivity contribution is 0.0972. The number of rotatable bonds is 5. The number of ketones is 1. The SMILES string of the molecule is CC(C)(CCC(=O)c1ccccc1)c1nccs1. The number of hydrogen-bond acceptors (Lipinski definition) is 3.